The summed E-state index contributed by atoms with van der Waals surface area (Å²) in [6.07, 6.45) is 4.70. The zero-order chi connectivity index (χ0) is 15.2. The quantitative estimate of drug-likeness (QED) is 0.648. The Kier molecular flexibility index (Phi) is 2.77. The van der Waals surface area contributed by atoms with E-state index in [0.29, 0.717) is 5.92 Å². The summed E-state index contributed by atoms with van der Waals surface area (Å²) in [6.45, 7) is 0. The van der Waals surface area contributed by atoms with Gasteiger partial charge >= 0.3 is 0 Å². The first kappa shape index (κ1) is 12.9. The van der Waals surface area contributed by atoms with Gasteiger partial charge in [-0.1, -0.05) is 48.5 Å². The van der Waals surface area contributed by atoms with Crippen LogP contribution in [0, 0.1) is 5.92 Å². The van der Waals surface area contributed by atoms with Gasteiger partial charge < -0.3 is 4.57 Å². The van der Waals surface area contributed by atoms with E-state index in [1.807, 2.05) is 0 Å². The lowest BCUT2D eigenvalue weighted by Crippen LogP contribution is -2.08. The summed E-state index contributed by atoms with van der Waals surface area (Å²) in [5.41, 5.74) is 6.34. The lowest BCUT2D eigenvalue weighted by Gasteiger charge is -2.16. The second-order valence-electron chi connectivity index (χ2n) is 6.42. The molecule has 2 aliphatic rings. The summed E-state index contributed by atoms with van der Waals surface area (Å²) < 4.78 is 2.31. The van der Waals surface area contributed by atoms with Crippen LogP contribution < -0.4 is 0 Å². The maximum Gasteiger partial charge on any atom is 0.102 e. The first-order valence-corrected chi connectivity index (χ1v) is 8.31. The Labute approximate surface area is 136 Å². The van der Waals surface area contributed by atoms with Gasteiger partial charge in [-0.3, -0.25) is 4.99 Å². The van der Waals surface area contributed by atoms with Crippen LogP contribution in [0.15, 0.2) is 77.9 Å². The minimum absolute atomic E-state index is 0.0860. The first-order chi connectivity index (χ1) is 11.4. The molecule has 1 aliphatic heterocycles. The predicted molar refractivity (Wildman–Crippen MR) is 93.3 cm³/mol. The van der Waals surface area contributed by atoms with Crippen molar-refractivity contribution in [3.05, 3.63) is 89.7 Å². The molecule has 0 unspecified atom stereocenters. The molecule has 2 heteroatoms. The van der Waals surface area contributed by atoms with Crippen LogP contribution in [0.4, 0.5) is 0 Å². The van der Waals surface area contributed by atoms with E-state index in [2.05, 4.69) is 77.5 Å². The van der Waals surface area contributed by atoms with Gasteiger partial charge in [-0.15, -0.1) is 0 Å². The van der Waals surface area contributed by atoms with Crippen LogP contribution >= 0.6 is 0 Å². The fourth-order valence-corrected chi connectivity index (χ4v) is 3.57. The fraction of sp³-hybridized carbons (Fsp3) is 0.190. The highest BCUT2D eigenvalue weighted by molar-refractivity contribution is 6.03. The number of benzene rings is 2. The molecule has 0 N–H and O–H groups in total. The molecule has 2 aromatic carbocycles. The van der Waals surface area contributed by atoms with Crippen LogP contribution in [-0.2, 0) is 0 Å². The Bertz CT molecular complexity index is 885. The van der Waals surface area contributed by atoms with Gasteiger partial charge in [-0.05, 0) is 36.6 Å². The van der Waals surface area contributed by atoms with Crippen LogP contribution in [0.5, 0.6) is 0 Å². The molecule has 1 fully saturated rings. The molecule has 1 atom stereocenters. The monoisotopic (exact) mass is 298 g/mol. The number of hydrogen-bond acceptors (Lipinski definition) is 1. The Balaban J connectivity index is 1.79. The topological polar surface area (TPSA) is 17.3 Å². The lowest BCUT2D eigenvalue weighted by atomic mass is 9.97. The third kappa shape index (κ3) is 2.06. The second-order valence-corrected chi connectivity index (χ2v) is 6.42. The van der Waals surface area contributed by atoms with Gasteiger partial charge in [0, 0.05) is 17.7 Å². The minimum Gasteiger partial charge on any atom is -0.315 e. The average molecular weight is 298 g/mol. The second kappa shape index (κ2) is 4.95. The van der Waals surface area contributed by atoms with E-state index < -0.39 is 0 Å². The molecule has 2 nitrogen and oxygen atoms in total. The lowest BCUT2D eigenvalue weighted by molar-refractivity contribution is 0.862. The molecule has 1 saturated carbocycles. The van der Waals surface area contributed by atoms with E-state index in [1.165, 1.54) is 41.1 Å². The summed E-state index contributed by atoms with van der Waals surface area (Å²) in [5.74, 6) is 0.629. The fourth-order valence-electron chi connectivity index (χ4n) is 3.57. The SMILES string of the molecule is c1ccc([C@H]2N=C(C3CC3)c3cccn3-c3ccccc32)cc1. The molecule has 1 aliphatic carbocycles. The molecule has 0 radical (unpaired) electrons. The van der Waals surface area contributed by atoms with E-state index in [4.69, 9.17) is 4.99 Å². The molecular formula is C21H18N2. The zero-order valence-corrected chi connectivity index (χ0v) is 12.9. The first-order valence-electron chi connectivity index (χ1n) is 8.31. The molecule has 0 spiro atoms. The minimum atomic E-state index is 0.0860. The number of nitrogens with zero attached hydrogens (tertiary/aromatic N) is 2. The molecule has 112 valence electrons. The number of hydrogen-bond donors (Lipinski definition) is 0. The summed E-state index contributed by atoms with van der Waals surface area (Å²) in [7, 11) is 0. The van der Waals surface area contributed by atoms with E-state index in [1.54, 1.807) is 0 Å². The summed E-state index contributed by atoms with van der Waals surface area (Å²) >= 11 is 0. The van der Waals surface area contributed by atoms with Crippen LogP contribution in [0.2, 0.25) is 0 Å². The number of para-hydroxylation sites is 1. The largest absolute Gasteiger partial charge is 0.315 e. The Morgan fingerprint density at radius 1 is 0.826 bits per heavy atom. The molecule has 2 heterocycles. The Hall–Kier alpha value is -2.61. The number of aromatic nitrogens is 1. The highest BCUT2D eigenvalue weighted by atomic mass is 15.0. The highest BCUT2D eigenvalue weighted by Gasteiger charge is 2.33. The highest BCUT2D eigenvalue weighted by Crippen LogP contribution is 2.40. The average Bonchev–Trinajstić information content (AvgIpc) is 3.35. The molecule has 3 aromatic rings. The summed E-state index contributed by atoms with van der Waals surface area (Å²) in [5, 5.41) is 0. The van der Waals surface area contributed by atoms with Crippen molar-refractivity contribution in [2.75, 3.05) is 0 Å². The normalized spacial score (nSPS) is 19.5. The number of aliphatic imine (C=N–C) groups is 1. The standard InChI is InChI=1S/C21H18N2/c1-2-7-15(8-3-1)20-17-9-4-5-10-18(17)23-14-6-11-19(23)21(22-20)16-12-13-16/h1-11,14,16,20H,12-13H2/t20-/m1/s1. The Morgan fingerprint density at radius 3 is 2.43 bits per heavy atom. The van der Waals surface area contributed by atoms with E-state index >= 15 is 0 Å². The maximum absolute atomic E-state index is 5.26. The van der Waals surface area contributed by atoms with Gasteiger partial charge in [0.1, 0.15) is 6.04 Å². The molecule has 0 bridgehead atoms. The van der Waals surface area contributed by atoms with Crippen LogP contribution in [0.3, 0.4) is 0 Å². The maximum atomic E-state index is 5.26. The Morgan fingerprint density at radius 2 is 1.61 bits per heavy atom. The molecule has 5 rings (SSSR count). The van der Waals surface area contributed by atoms with E-state index in [0.717, 1.165) is 0 Å². The van der Waals surface area contributed by atoms with Crippen molar-refractivity contribution in [2.24, 2.45) is 10.9 Å². The van der Waals surface area contributed by atoms with Crippen molar-refractivity contribution in [1.29, 1.82) is 0 Å². The molecule has 1 aromatic heterocycles. The predicted octanol–water partition coefficient (Wildman–Crippen LogP) is 4.78. The van der Waals surface area contributed by atoms with Crippen molar-refractivity contribution in [1.82, 2.24) is 4.57 Å². The van der Waals surface area contributed by atoms with E-state index in [9.17, 15) is 0 Å². The van der Waals surface area contributed by atoms with Crippen molar-refractivity contribution in [3.63, 3.8) is 0 Å². The van der Waals surface area contributed by atoms with Crippen LogP contribution in [0.1, 0.15) is 35.7 Å². The van der Waals surface area contributed by atoms with Crippen molar-refractivity contribution in [3.8, 4) is 5.69 Å². The number of rotatable bonds is 2. The zero-order valence-electron chi connectivity index (χ0n) is 12.9. The van der Waals surface area contributed by atoms with Crippen molar-refractivity contribution in [2.45, 2.75) is 18.9 Å². The van der Waals surface area contributed by atoms with Gasteiger partial charge in [0.15, 0.2) is 0 Å². The van der Waals surface area contributed by atoms with Crippen LogP contribution in [-0.4, -0.2) is 10.3 Å². The summed E-state index contributed by atoms with van der Waals surface area (Å²) in [6, 6.07) is 23.8. The molecular weight excluding hydrogens is 280 g/mol. The van der Waals surface area contributed by atoms with Gasteiger partial charge in [0.05, 0.1) is 17.1 Å². The van der Waals surface area contributed by atoms with Crippen molar-refractivity contribution >= 4 is 5.71 Å². The van der Waals surface area contributed by atoms with E-state index in [-0.39, 0.29) is 6.04 Å². The third-order valence-electron chi connectivity index (χ3n) is 4.85. The molecule has 0 saturated heterocycles. The van der Waals surface area contributed by atoms with Gasteiger partial charge in [0.25, 0.3) is 0 Å². The van der Waals surface area contributed by atoms with Gasteiger partial charge in [-0.2, -0.15) is 0 Å². The summed E-state index contributed by atoms with van der Waals surface area (Å²) in [4.78, 5) is 5.26. The van der Waals surface area contributed by atoms with Gasteiger partial charge in [-0.25, -0.2) is 0 Å². The molecule has 23 heavy (non-hydrogen) atoms. The molecule has 0 amide bonds. The van der Waals surface area contributed by atoms with Gasteiger partial charge in [0.2, 0.25) is 0 Å². The van der Waals surface area contributed by atoms with Crippen LogP contribution in [0.25, 0.3) is 5.69 Å². The van der Waals surface area contributed by atoms with Crippen molar-refractivity contribution < 1.29 is 0 Å². The number of fused-ring (bicyclic) bond motifs is 3. The third-order valence-corrected chi connectivity index (χ3v) is 4.85. The smallest absolute Gasteiger partial charge is 0.102 e.